The summed E-state index contributed by atoms with van der Waals surface area (Å²) in [6.07, 6.45) is 0. The normalized spacial score (nSPS) is 12.0. The van der Waals surface area contributed by atoms with Crippen LogP contribution < -0.4 is 4.90 Å². The number of benzene rings is 9. The zero-order valence-electron chi connectivity index (χ0n) is 34.4. The Labute approximate surface area is 362 Å². The molecule has 0 N–H and O–H groups in total. The summed E-state index contributed by atoms with van der Waals surface area (Å²) in [5.74, 6) is 1.15. The van der Waals surface area contributed by atoms with Crippen LogP contribution in [0.1, 0.15) is 16.7 Å². The molecule has 5 heteroatoms. The topological polar surface area (TPSA) is 45.2 Å². The lowest BCUT2D eigenvalue weighted by atomic mass is 9.92. The van der Waals surface area contributed by atoms with Crippen LogP contribution in [0.25, 0.3) is 60.5 Å². The lowest BCUT2D eigenvalue weighted by molar-refractivity contribution is 1.06. The van der Waals surface area contributed by atoms with Gasteiger partial charge in [-0.25, -0.2) is 9.98 Å². The first-order valence-corrected chi connectivity index (χ1v) is 20.9. The molecular formula is C57H43N5. The molecule has 0 spiro atoms. The van der Waals surface area contributed by atoms with E-state index in [9.17, 15) is 0 Å². The molecule has 0 bridgehead atoms. The molecule has 10 aromatic rings. The second-order valence-corrected chi connectivity index (χ2v) is 15.3. The van der Waals surface area contributed by atoms with Crippen molar-refractivity contribution in [3.05, 3.63) is 235 Å². The Balaban J connectivity index is 0.994. The molecule has 0 atom stereocenters. The third kappa shape index (κ3) is 7.26. The van der Waals surface area contributed by atoms with Crippen LogP contribution in [0, 0.1) is 0 Å². The van der Waals surface area contributed by atoms with Gasteiger partial charge in [0.2, 0.25) is 0 Å². The van der Waals surface area contributed by atoms with Gasteiger partial charge in [0.1, 0.15) is 0 Å². The molecule has 296 valence electrons. The zero-order valence-corrected chi connectivity index (χ0v) is 34.4. The second kappa shape index (κ2) is 16.8. The molecular weight excluding hydrogens is 755 g/mol. The highest BCUT2D eigenvalue weighted by atomic mass is 15.1. The van der Waals surface area contributed by atoms with E-state index in [-0.39, 0.29) is 0 Å². The summed E-state index contributed by atoms with van der Waals surface area (Å²) in [5, 5.41) is 5.00. The molecule has 0 amide bonds. The number of anilines is 2. The zero-order chi connectivity index (χ0) is 41.8. The first kappa shape index (κ1) is 38.1. The maximum Gasteiger partial charge on any atom is 0.161 e. The number of aromatic nitrogens is 1. The predicted octanol–water partition coefficient (Wildman–Crippen LogP) is 14.1. The number of fused-ring (bicyclic) bond motifs is 5. The summed E-state index contributed by atoms with van der Waals surface area (Å²) in [5.41, 5.74) is 13.3. The van der Waals surface area contributed by atoms with E-state index in [1.165, 1.54) is 49.3 Å². The SMILES string of the molecule is C=NC(=NC(=NCc1ccc(N(C)c2ccccc2-c2ccccc2-c2ccc3c(c2)c2c4ccccc4ccc2n3-c2ccccc2)cc1)c1ccccc1)c1ccccc1. The van der Waals surface area contributed by atoms with E-state index in [2.05, 4.69) is 186 Å². The van der Waals surface area contributed by atoms with Gasteiger partial charge in [-0.2, -0.15) is 0 Å². The van der Waals surface area contributed by atoms with E-state index in [0.29, 0.717) is 18.2 Å². The van der Waals surface area contributed by atoms with Crippen LogP contribution in [0.5, 0.6) is 0 Å². The maximum absolute atomic E-state index is 5.00. The van der Waals surface area contributed by atoms with E-state index in [0.717, 1.165) is 39.3 Å². The Morgan fingerprint density at radius 2 is 1.11 bits per heavy atom. The van der Waals surface area contributed by atoms with Crippen molar-refractivity contribution in [3.8, 4) is 27.9 Å². The molecule has 0 saturated heterocycles. The van der Waals surface area contributed by atoms with Crippen molar-refractivity contribution in [3.63, 3.8) is 0 Å². The number of aliphatic imine (C=N–C) groups is 3. The Bertz CT molecular complexity index is 3270. The molecule has 0 unspecified atom stereocenters. The molecule has 0 aliphatic heterocycles. The van der Waals surface area contributed by atoms with Crippen molar-refractivity contribution < 1.29 is 0 Å². The van der Waals surface area contributed by atoms with Gasteiger partial charge < -0.3 is 9.47 Å². The largest absolute Gasteiger partial charge is 0.344 e. The highest BCUT2D eigenvalue weighted by Crippen LogP contribution is 2.43. The average molecular weight is 798 g/mol. The summed E-state index contributed by atoms with van der Waals surface area (Å²) in [4.78, 5) is 16.4. The molecule has 1 aromatic heterocycles. The van der Waals surface area contributed by atoms with E-state index < -0.39 is 0 Å². The van der Waals surface area contributed by atoms with Crippen molar-refractivity contribution in [2.75, 3.05) is 11.9 Å². The molecule has 1 heterocycles. The van der Waals surface area contributed by atoms with E-state index in [1.807, 2.05) is 60.7 Å². The molecule has 0 saturated carbocycles. The van der Waals surface area contributed by atoms with Crippen LogP contribution in [-0.2, 0) is 6.54 Å². The molecule has 0 aliphatic carbocycles. The molecule has 0 radical (unpaired) electrons. The second-order valence-electron chi connectivity index (χ2n) is 15.3. The minimum absolute atomic E-state index is 0.463. The fourth-order valence-corrected chi connectivity index (χ4v) is 8.56. The van der Waals surface area contributed by atoms with Crippen molar-refractivity contribution >= 4 is 62.3 Å². The molecule has 9 aromatic carbocycles. The van der Waals surface area contributed by atoms with E-state index >= 15 is 0 Å². The van der Waals surface area contributed by atoms with Crippen LogP contribution in [0.2, 0.25) is 0 Å². The number of para-hydroxylation sites is 2. The fourth-order valence-electron chi connectivity index (χ4n) is 8.56. The van der Waals surface area contributed by atoms with Gasteiger partial charge in [0.25, 0.3) is 0 Å². The average Bonchev–Trinajstić information content (AvgIpc) is 3.69. The minimum atomic E-state index is 0.463. The first-order valence-electron chi connectivity index (χ1n) is 20.9. The summed E-state index contributed by atoms with van der Waals surface area (Å²) < 4.78 is 2.40. The van der Waals surface area contributed by atoms with Crippen LogP contribution in [0.3, 0.4) is 0 Å². The van der Waals surface area contributed by atoms with Gasteiger partial charge in [-0.15, -0.1) is 0 Å². The number of nitrogens with zero attached hydrogens (tertiary/aromatic N) is 5. The van der Waals surface area contributed by atoms with Gasteiger partial charge >= 0.3 is 0 Å². The third-order valence-electron chi connectivity index (χ3n) is 11.6. The quantitative estimate of drug-likeness (QED) is 0.106. The maximum atomic E-state index is 5.00. The van der Waals surface area contributed by atoms with Gasteiger partial charge in [0, 0.05) is 51.6 Å². The highest BCUT2D eigenvalue weighted by molar-refractivity contribution is 6.22. The monoisotopic (exact) mass is 797 g/mol. The lowest BCUT2D eigenvalue weighted by Crippen LogP contribution is -2.11. The van der Waals surface area contributed by atoms with Gasteiger partial charge in [-0.1, -0.05) is 170 Å². The smallest absolute Gasteiger partial charge is 0.161 e. The van der Waals surface area contributed by atoms with Crippen LogP contribution in [0.4, 0.5) is 11.4 Å². The van der Waals surface area contributed by atoms with Gasteiger partial charge in [0.05, 0.1) is 17.6 Å². The third-order valence-corrected chi connectivity index (χ3v) is 11.6. The molecule has 5 nitrogen and oxygen atoms in total. The predicted molar refractivity (Wildman–Crippen MR) is 263 cm³/mol. The summed E-state index contributed by atoms with van der Waals surface area (Å²) >= 11 is 0. The Hall–Kier alpha value is -8.15. The fraction of sp³-hybridized carbons (Fsp3) is 0.0351. The highest BCUT2D eigenvalue weighted by Gasteiger charge is 2.19. The molecule has 10 rings (SSSR count). The van der Waals surface area contributed by atoms with Crippen LogP contribution >= 0.6 is 0 Å². The Morgan fingerprint density at radius 1 is 0.516 bits per heavy atom. The summed E-state index contributed by atoms with van der Waals surface area (Å²) in [6.45, 7) is 4.26. The molecule has 62 heavy (non-hydrogen) atoms. The number of hydrogen-bond donors (Lipinski definition) is 0. The first-order chi connectivity index (χ1) is 30.6. The number of hydrogen-bond acceptors (Lipinski definition) is 2. The molecule has 0 fully saturated rings. The van der Waals surface area contributed by atoms with Gasteiger partial charge in [-0.05, 0) is 88.3 Å². The Morgan fingerprint density at radius 3 is 1.84 bits per heavy atom. The minimum Gasteiger partial charge on any atom is -0.344 e. The lowest BCUT2D eigenvalue weighted by Gasteiger charge is -2.24. The van der Waals surface area contributed by atoms with Crippen molar-refractivity contribution in [2.24, 2.45) is 15.0 Å². The number of amidine groups is 2. The summed E-state index contributed by atoms with van der Waals surface area (Å²) in [7, 11) is 2.14. The van der Waals surface area contributed by atoms with Gasteiger partial charge in [-0.3, -0.25) is 4.99 Å². The van der Waals surface area contributed by atoms with E-state index in [4.69, 9.17) is 9.98 Å². The van der Waals surface area contributed by atoms with Crippen LogP contribution in [-0.4, -0.2) is 30.0 Å². The van der Waals surface area contributed by atoms with Crippen molar-refractivity contribution in [1.82, 2.24) is 4.57 Å². The van der Waals surface area contributed by atoms with Crippen molar-refractivity contribution in [2.45, 2.75) is 6.54 Å². The van der Waals surface area contributed by atoms with Crippen LogP contribution in [0.15, 0.2) is 233 Å². The molecule has 0 aliphatic rings. The Kier molecular flexibility index (Phi) is 10.3. The number of rotatable bonds is 9. The summed E-state index contributed by atoms with van der Waals surface area (Å²) in [6, 6.07) is 76.8. The standard InChI is InChI=1S/C57H43N5/c1-58-56(42-19-6-3-7-20-42)60-57(43-21-8-4-9-22-43)59-39-40-30-34-45(35-31-40)61(2)52-29-17-16-28-50(52)49-27-15-14-25-47(49)44-33-36-53-51(38-44)55-48-26-13-12-18-41(48)32-37-54(55)62(53)46-23-10-5-11-24-46/h3-38H,1,39H2,2H3. The van der Waals surface area contributed by atoms with Gasteiger partial charge in [0.15, 0.2) is 11.7 Å². The van der Waals surface area contributed by atoms with Crippen molar-refractivity contribution in [1.29, 1.82) is 0 Å². The van der Waals surface area contributed by atoms with E-state index in [1.54, 1.807) is 0 Å².